The van der Waals surface area contributed by atoms with Gasteiger partial charge in [0, 0.05) is 4.88 Å². The second kappa shape index (κ2) is 6.51. The Morgan fingerprint density at radius 1 is 1.50 bits per heavy atom. The van der Waals surface area contributed by atoms with Gasteiger partial charge in [-0.2, -0.15) is 0 Å². The van der Waals surface area contributed by atoms with Crippen LogP contribution in [0.1, 0.15) is 55.5 Å². The molecule has 0 spiro atoms. The maximum absolute atomic E-state index is 5.85. The predicted octanol–water partition coefficient (Wildman–Crippen LogP) is 4.54. The quantitative estimate of drug-likeness (QED) is 0.628. The van der Waals surface area contributed by atoms with Gasteiger partial charge in [0.05, 0.1) is 9.83 Å². The van der Waals surface area contributed by atoms with E-state index < -0.39 is 0 Å². The van der Waals surface area contributed by atoms with Crippen LogP contribution in [0.3, 0.4) is 0 Å². The summed E-state index contributed by atoms with van der Waals surface area (Å²) in [5.74, 6) is 7.37. The van der Waals surface area contributed by atoms with Crippen molar-refractivity contribution in [2.45, 2.75) is 52.0 Å². The molecule has 0 aliphatic heterocycles. The molecular formula is C14H23BrN2S. The summed E-state index contributed by atoms with van der Waals surface area (Å²) in [6.45, 7) is 4.46. The van der Waals surface area contributed by atoms with Crippen LogP contribution < -0.4 is 11.3 Å². The van der Waals surface area contributed by atoms with E-state index in [0.717, 1.165) is 5.92 Å². The fourth-order valence-electron chi connectivity index (χ4n) is 3.24. The molecule has 0 radical (unpaired) electrons. The third-order valence-corrected chi connectivity index (χ3v) is 6.50. The molecule has 4 heteroatoms. The summed E-state index contributed by atoms with van der Waals surface area (Å²) in [4.78, 5) is 1.38. The summed E-state index contributed by atoms with van der Waals surface area (Å²) in [5.41, 5.74) is 4.40. The van der Waals surface area contributed by atoms with Crippen LogP contribution in [0.2, 0.25) is 0 Å². The Labute approximate surface area is 122 Å². The van der Waals surface area contributed by atoms with Crippen LogP contribution in [0.5, 0.6) is 0 Å². The molecule has 1 saturated carbocycles. The second-order valence-electron chi connectivity index (χ2n) is 5.37. The number of nitrogens with two attached hydrogens (primary N) is 1. The van der Waals surface area contributed by atoms with Crippen LogP contribution in [0.4, 0.5) is 0 Å². The van der Waals surface area contributed by atoms with Gasteiger partial charge in [0.1, 0.15) is 0 Å². The van der Waals surface area contributed by atoms with Gasteiger partial charge in [-0.15, -0.1) is 11.3 Å². The molecule has 1 aromatic rings. The summed E-state index contributed by atoms with van der Waals surface area (Å²) in [5, 5.41) is 0. The second-order valence-corrected chi connectivity index (χ2v) is 7.77. The van der Waals surface area contributed by atoms with Crippen LogP contribution in [-0.2, 0) is 0 Å². The van der Waals surface area contributed by atoms with Crippen LogP contribution in [0.15, 0.2) is 9.85 Å². The lowest BCUT2D eigenvalue weighted by Crippen LogP contribution is -2.37. The zero-order valence-corrected chi connectivity index (χ0v) is 13.6. The first-order valence-electron chi connectivity index (χ1n) is 6.89. The van der Waals surface area contributed by atoms with Crippen molar-refractivity contribution in [1.82, 2.24) is 5.43 Å². The molecule has 1 aromatic heterocycles. The highest BCUT2D eigenvalue weighted by atomic mass is 79.9. The molecule has 1 fully saturated rings. The third-order valence-electron chi connectivity index (χ3n) is 4.28. The lowest BCUT2D eigenvalue weighted by molar-refractivity contribution is 0.178. The SMILES string of the molecule is CCC1CCCCC1C(NN)c1cc(C)c(Br)s1. The molecule has 0 bridgehead atoms. The minimum atomic E-state index is 0.324. The minimum Gasteiger partial charge on any atom is -0.271 e. The van der Waals surface area contributed by atoms with Crippen molar-refractivity contribution in [1.29, 1.82) is 0 Å². The fourth-order valence-corrected chi connectivity index (χ4v) is 4.94. The predicted molar refractivity (Wildman–Crippen MR) is 82.6 cm³/mol. The Morgan fingerprint density at radius 3 is 2.78 bits per heavy atom. The number of rotatable bonds is 4. The van der Waals surface area contributed by atoms with Gasteiger partial charge in [0.25, 0.3) is 0 Å². The highest BCUT2D eigenvalue weighted by Crippen LogP contribution is 2.43. The van der Waals surface area contributed by atoms with Crippen LogP contribution in [0, 0.1) is 18.8 Å². The molecule has 2 nitrogen and oxygen atoms in total. The molecule has 1 aliphatic carbocycles. The van der Waals surface area contributed by atoms with Crippen LogP contribution in [-0.4, -0.2) is 0 Å². The maximum atomic E-state index is 5.85. The first kappa shape index (κ1) is 14.5. The number of hydrazine groups is 1. The normalized spacial score (nSPS) is 26.2. The Kier molecular flexibility index (Phi) is 5.24. The molecule has 2 rings (SSSR count). The van der Waals surface area contributed by atoms with E-state index in [1.807, 2.05) is 11.3 Å². The molecule has 3 N–H and O–H groups in total. The lowest BCUT2D eigenvalue weighted by atomic mass is 9.74. The van der Waals surface area contributed by atoms with Gasteiger partial charge in [0.15, 0.2) is 0 Å². The zero-order valence-electron chi connectivity index (χ0n) is 11.2. The average Bonchev–Trinajstić information content (AvgIpc) is 2.71. The van der Waals surface area contributed by atoms with Crippen molar-refractivity contribution in [3.05, 3.63) is 20.3 Å². The standard InChI is InChI=1S/C14H23BrN2S/c1-3-10-6-4-5-7-11(10)13(17-16)12-8-9(2)14(15)18-12/h8,10-11,13,17H,3-7,16H2,1-2H3. The van der Waals surface area contributed by atoms with E-state index >= 15 is 0 Å². The molecular weight excluding hydrogens is 308 g/mol. The maximum Gasteiger partial charge on any atom is 0.0731 e. The summed E-state index contributed by atoms with van der Waals surface area (Å²) in [6, 6.07) is 2.60. The van der Waals surface area contributed by atoms with E-state index in [0.29, 0.717) is 12.0 Å². The number of aryl methyl sites for hydroxylation is 1. The molecule has 102 valence electrons. The first-order valence-corrected chi connectivity index (χ1v) is 8.50. The Hall–Kier alpha value is 0.1000. The van der Waals surface area contributed by atoms with E-state index in [1.54, 1.807) is 0 Å². The Bertz CT molecular complexity index is 372. The number of nitrogens with one attached hydrogen (secondary N) is 1. The number of hydrogen-bond acceptors (Lipinski definition) is 3. The van der Waals surface area contributed by atoms with Crippen LogP contribution >= 0.6 is 27.3 Å². The van der Waals surface area contributed by atoms with Gasteiger partial charge in [-0.1, -0.05) is 32.6 Å². The van der Waals surface area contributed by atoms with Crippen molar-refractivity contribution in [3.63, 3.8) is 0 Å². The average molecular weight is 331 g/mol. The molecule has 3 unspecified atom stereocenters. The van der Waals surface area contributed by atoms with Crippen molar-refractivity contribution < 1.29 is 0 Å². The summed E-state index contributed by atoms with van der Waals surface area (Å²) in [7, 11) is 0. The molecule has 0 aromatic carbocycles. The van der Waals surface area contributed by atoms with E-state index in [9.17, 15) is 0 Å². The van der Waals surface area contributed by atoms with Gasteiger partial charge >= 0.3 is 0 Å². The smallest absolute Gasteiger partial charge is 0.0731 e. The molecule has 0 saturated heterocycles. The lowest BCUT2D eigenvalue weighted by Gasteiger charge is -2.36. The van der Waals surface area contributed by atoms with E-state index in [2.05, 4.69) is 41.3 Å². The summed E-state index contributed by atoms with van der Waals surface area (Å²) < 4.78 is 1.24. The Balaban J connectivity index is 2.21. The highest BCUT2D eigenvalue weighted by molar-refractivity contribution is 9.11. The van der Waals surface area contributed by atoms with Gasteiger partial charge in [-0.05, 0) is 52.7 Å². The fraction of sp³-hybridized carbons (Fsp3) is 0.714. The molecule has 1 aliphatic rings. The topological polar surface area (TPSA) is 38.0 Å². The van der Waals surface area contributed by atoms with Gasteiger partial charge in [-0.25, -0.2) is 0 Å². The molecule has 1 heterocycles. The highest BCUT2D eigenvalue weighted by Gasteiger charge is 2.32. The van der Waals surface area contributed by atoms with Crippen molar-refractivity contribution >= 4 is 27.3 Å². The van der Waals surface area contributed by atoms with Gasteiger partial charge < -0.3 is 0 Å². The number of hydrogen-bond donors (Lipinski definition) is 2. The first-order chi connectivity index (χ1) is 8.67. The van der Waals surface area contributed by atoms with E-state index in [1.165, 1.54) is 46.3 Å². The van der Waals surface area contributed by atoms with E-state index in [-0.39, 0.29) is 0 Å². The summed E-state index contributed by atoms with van der Waals surface area (Å²) >= 11 is 5.45. The number of halogens is 1. The molecule has 0 amide bonds. The minimum absolute atomic E-state index is 0.324. The third kappa shape index (κ3) is 2.98. The van der Waals surface area contributed by atoms with E-state index in [4.69, 9.17) is 5.84 Å². The van der Waals surface area contributed by atoms with Crippen molar-refractivity contribution in [3.8, 4) is 0 Å². The number of thiophene rings is 1. The molecule has 18 heavy (non-hydrogen) atoms. The van der Waals surface area contributed by atoms with Gasteiger partial charge in [0.2, 0.25) is 0 Å². The van der Waals surface area contributed by atoms with Crippen molar-refractivity contribution in [2.75, 3.05) is 0 Å². The zero-order chi connectivity index (χ0) is 13.1. The summed E-state index contributed by atoms with van der Waals surface area (Å²) in [6.07, 6.45) is 6.69. The largest absolute Gasteiger partial charge is 0.271 e. The Morgan fingerprint density at radius 2 is 2.22 bits per heavy atom. The molecule has 3 atom stereocenters. The monoisotopic (exact) mass is 330 g/mol. The van der Waals surface area contributed by atoms with Crippen molar-refractivity contribution in [2.24, 2.45) is 17.7 Å². The van der Waals surface area contributed by atoms with Gasteiger partial charge in [-0.3, -0.25) is 11.3 Å². The van der Waals surface area contributed by atoms with Crippen LogP contribution in [0.25, 0.3) is 0 Å².